The third-order valence-corrected chi connectivity index (χ3v) is 7.31. The first-order chi connectivity index (χ1) is 17.0. The van der Waals surface area contributed by atoms with E-state index in [2.05, 4.69) is 4.90 Å². The standard InChI is InChI=1S/C26H34N4O4S/c1-19(2)26(32)29(11-10-28-12-14-34-15-13-28)18-25(31)30-23(20-6-8-21(33-3)9-7-20)17-22(27-30)24-5-4-16-35-24/h4-9,16,19,23H,10-15,17-18H2,1-3H3/t23-/m0/s1. The van der Waals surface area contributed by atoms with E-state index in [1.54, 1.807) is 28.4 Å². The molecule has 1 atom stereocenters. The molecule has 0 N–H and O–H groups in total. The summed E-state index contributed by atoms with van der Waals surface area (Å²) in [7, 11) is 1.63. The zero-order chi connectivity index (χ0) is 24.8. The second kappa shape index (κ2) is 11.8. The van der Waals surface area contributed by atoms with Crippen molar-refractivity contribution in [2.24, 2.45) is 11.0 Å². The highest BCUT2D eigenvalue weighted by Gasteiger charge is 2.35. The van der Waals surface area contributed by atoms with Gasteiger partial charge in [-0.3, -0.25) is 14.5 Å². The number of hydrogen-bond donors (Lipinski definition) is 0. The van der Waals surface area contributed by atoms with Crippen LogP contribution in [0, 0.1) is 5.92 Å². The van der Waals surface area contributed by atoms with E-state index in [0.29, 0.717) is 26.2 Å². The van der Waals surface area contributed by atoms with Gasteiger partial charge >= 0.3 is 0 Å². The van der Waals surface area contributed by atoms with Gasteiger partial charge in [0.05, 0.1) is 37.0 Å². The first kappa shape index (κ1) is 25.3. The molecule has 1 aromatic heterocycles. The average Bonchev–Trinajstić information content (AvgIpc) is 3.57. The Morgan fingerprint density at radius 3 is 2.57 bits per heavy atom. The minimum atomic E-state index is -0.222. The summed E-state index contributed by atoms with van der Waals surface area (Å²) in [5.74, 6) is 0.386. The quantitative estimate of drug-likeness (QED) is 0.531. The molecule has 3 heterocycles. The van der Waals surface area contributed by atoms with E-state index in [1.165, 1.54) is 0 Å². The van der Waals surface area contributed by atoms with E-state index < -0.39 is 0 Å². The van der Waals surface area contributed by atoms with Crippen LogP contribution in [0.3, 0.4) is 0 Å². The van der Waals surface area contributed by atoms with Gasteiger partial charge in [0.2, 0.25) is 5.91 Å². The molecule has 0 bridgehead atoms. The van der Waals surface area contributed by atoms with Crippen LogP contribution in [0.15, 0.2) is 46.9 Å². The fourth-order valence-corrected chi connectivity index (χ4v) is 5.09. The van der Waals surface area contributed by atoms with Gasteiger partial charge in [-0.15, -0.1) is 11.3 Å². The Kier molecular flexibility index (Phi) is 8.54. The summed E-state index contributed by atoms with van der Waals surface area (Å²) in [6, 6.07) is 11.6. The average molecular weight is 499 g/mol. The predicted octanol–water partition coefficient (Wildman–Crippen LogP) is 3.25. The van der Waals surface area contributed by atoms with Crippen LogP contribution >= 0.6 is 11.3 Å². The molecule has 0 unspecified atom stereocenters. The minimum absolute atomic E-state index is 0.00916. The van der Waals surface area contributed by atoms with Crippen molar-refractivity contribution in [3.8, 4) is 5.75 Å². The molecule has 188 valence electrons. The number of morpholine rings is 1. The molecule has 2 aliphatic rings. The highest BCUT2D eigenvalue weighted by Crippen LogP contribution is 2.34. The molecule has 4 rings (SSSR count). The smallest absolute Gasteiger partial charge is 0.262 e. The maximum Gasteiger partial charge on any atom is 0.262 e. The molecule has 2 aliphatic heterocycles. The van der Waals surface area contributed by atoms with Gasteiger partial charge < -0.3 is 14.4 Å². The number of benzene rings is 1. The Morgan fingerprint density at radius 1 is 1.20 bits per heavy atom. The lowest BCUT2D eigenvalue weighted by molar-refractivity contribution is -0.143. The van der Waals surface area contributed by atoms with E-state index in [-0.39, 0.29) is 30.3 Å². The summed E-state index contributed by atoms with van der Waals surface area (Å²) in [5, 5.41) is 8.34. The minimum Gasteiger partial charge on any atom is -0.497 e. The third-order valence-electron chi connectivity index (χ3n) is 6.39. The Hall–Kier alpha value is -2.75. The Morgan fingerprint density at radius 2 is 1.94 bits per heavy atom. The maximum absolute atomic E-state index is 13.6. The van der Waals surface area contributed by atoms with E-state index in [1.807, 2.05) is 55.6 Å². The largest absolute Gasteiger partial charge is 0.497 e. The highest BCUT2D eigenvalue weighted by atomic mass is 32.1. The van der Waals surface area contributed by atoms with E-state index in [9.17, 15) is 9.59 Å². The lowest BCUT2D eigenvalue weighted by atomic mass is 10.0. The van der Waals surface area contributed by atoms with Crippen molar-refractivity contribution in [1.82, 2.24) is 14.8 Å². The first-order valence-corrected chi connectivity index (χ1v) is 13.0. The van der Waals surface area contributed by atoms with Gasteiger partial charge in [0.1, 0.15) is 12.3 Å². The van der Waals surface area contributed by atoms with Crippen LogP contribution in [0.25, 0.3) is 0 Å². The number of carbonyl (C=O) groups excluding carboxylic acids is 2. The van der Waals surface area contributed by atoms with Gasteiger partial charge in [0.25, 0.3) is 5.91 Å². The lowest BCUT2D eigenvalue weighted by Gasteiger charge is -2.31. The van der Waals surface area contributed by atoms with Crippen LogP contribution in [-0.2, 0) is 14.3 Å². The van der Waals surface area contributed by atoms with Gasteiger partial charge in [0, 0.05) is 38.5 Å². The summed E-state index contributed by atoms with van der Waals surface area (Å²) >= 11 is 1.61. The van der Waals surface area contributed by atoms with Crippen molar-refractivity contribution >= 4 is 28.9 Å². The molecule has 0 radical (unpaired) electrons. The van der Waals surface area contributed by atoms with E-state index in [0.717, 1.165) is 41.5 Å². The number of carbonyl (C=O) groups is 2. The summed E-state index contributed by atoms with van der Waals surface area (Å²) in [5.41, 5.74) is 1.88. The fraction of sp³-hybridized carbons (Fsp3) is 0.500. The topological polar surface area (TPSA) is 74.7 Å². The normalized spacial score (nSPS) is 18.6. The van der Waals surface area contributed by atoms with Crippen molar-refractivity contribution < 1.29 is 19.1 Å². The number of amides is 2. The second-order valence-corrected chi connectivity index (χ2v) is 10.1. The molecule has 2 amide bonds. The summed E-state index contributed by atoms with van der Waals surface area (Å²) < 4.78 is 10.7. The summed E-state index contributed by atoms with van der Waals surface area (Å²) in [6.07, 6.45) is 0.629. The van der Waals surface area contributed by atoms with Gasteiger partial charge in [-0.25, -0.2) is 5.01 Å². The number of hydrazone groups is 1. The number of methoxy groups -OCH3 is 1. The van der Waals surface area contributed by atoms with Gasteiger partial charge in [-0.2, -0.15) is 5.10 Å². The van der Waals surface area contributed by atoms with Crippen LogP contribution < -0.4 is 4.74 Å². The molecule has 0 spiro atoms. The summed E-state index contributed by atoms with van der Waals surface area (Å²) in [6.45, 7) is 8.08. The van der Waals surface area contributed by atoms with Crippen LogP contribution in [0.1, 0.15) is 36.8 Å². The van der Waals surface area contributed by atoms with Gasteiger partial charge in [-0.05, 0) is 29.1 Å². The number of hydrogen-bond acceptors (Lipinski definition) is 7. The van der Waals surface area contributed by atoms with E-state index >= 15 is 0 Å². The molecule has 1 aromatic carbocycles. The van der Waals surface area contributed by atoms with Crippen molar-refractivity contribution in [3.63, 3.8) is 0 Å². The molecule has 35 heavy (non-hydrogen) atoms. The number of nitrogens with zero attached hydrogens (tertiary/aromatic N) is 4. The monoisotopic (exact) mass is 498 g/mol. The molecular weight excluding hydrogens is 464 g/mol. The molecule has 8 nitrogen and oxygen atoms in total. The zero-order valence-electron chi connectivity index (χ0n) is 20.7. The van der Waals surface area contributed by atoms with Crippen molar-refractivity contribution in [3.05, 3.63) is 52.2 Å². The molecular formula is C26H34N4O4S. The van der Waals surface area contributed by atoms with Crippen LogP contribution in [-0.4, -0.2) is 85.4 Å². The van der Waals surface area contributed by atoms with Crippen LogP contribution in [0.2, 0.25) is 0 Å². The van der Waals surface area contributed by atoms with Gasteiger partial charge in [0.15, 0.2) is 0 Å². The number of thiophene rings is 1. The Balaban J connectivity index is 1.53. The Labute approximate surface area is 211 Å². The second-order valence-electron chi connectivity index (χ2n) is 9.12. The van der Waals surface area contributed by atoms with Crippen molar-refractivity contribution in [1.29, 1.82) is 0 Å². The highest BCUT2D eigenvalue weighted by molar-refractivity contribution is 7.12. The molecule has 2 aromatic rings. The molecule has 0 aliphatic carbocycles. The lowest BCUT2D eigenvalue weighted by Crippen LogP contribution is -2.47. The molecule has 9 heteroatoms. The molecule has 1 fully saturated rings. The van der Waals surface area contributed by atoms with Crippen molar-refractivity contribution in [2.45, 2.75) is 26.3 Å². The SMILES string of the molecule is COc1ccc([C@@H]2CC(c3cccs3)=NN2C(=O)CN(CCN2CCOCC2)C(=O)C(C)C)cc1. The maximum atomic E-state index is 13.6. The third kappa shape index (κ3) is 6.28. The van der Waals surface area contributed by atoms with Crippen molar-refractivity contribution in [2.75, 3.05) is 53.0 Å². The number of ether oxygens (including phenoxy) is 2. The predicted molar refractivity (Wildman–Crippen MR) is 137 cm³/mol. The van der Waals surface area contributed by atoms with Crippen LogP contribution in [0.4, 0.5) is 0 Å². The molecule has 0 saturated carbocycles. The molecule has 1 saturated heterocycles. The number of rotatable bonds is 9. The van der Waals surface area contributed by atoms with Gasteiger partial charge in [-0.1, -0.05) is 32.0 Å². The van der Waals surface area contributed by atoms with E-state index in [4.69, 9.17) is 14.6 Å². The fourth-order valence-electron chi connectivity index (χ4n) is 4.37. The Bertz CT molecular complexity index is 1020. The van der Waals surface area contributed by atoms with Crippen LogP contribution in [0.5, 0.6) is 5.75 Å². The first-order valence-electron chi connectivity index (χ1n) is 12.1. The summed E-state index contributed by atoms with van der Waals surface area (Å²) in [4.78, 5) is 31.6. The zero-order valence-corrected chi connectivity index (χ0v) is 21.5.